The number of carbonyl (C=O) groups excluding carboxylic acids is 1. The summed E-state index contributed by atoms with van der Waals surface area (Å²) in [7, 11) is 4.06. The fourth-order valence-electron chi connectivity index (χ4n) is 1.59. The zero-order chi connectivity index (χ0) is 13.4. The van der Waals surface area contributed by atoms with Crippen molar-refractivity contribution in [3.8, 4) is 0 Å². The Kier molecular flexibility index (Phi) is 8.17. The van der Waals surface area contributed by atoms with Crippen LogP contribution in [0.1, 0.15) is 27.2 Å². The predicted molar refractivity (Wildman–Crippen MR) is 72.8 cm³/mol. The molecule has 1 unspecified atom stereocenters. The Balaban J connectivity index is 4.29. The minimum atomic E-state index is 0.235. The molecular formula is C13H29N3O. The highest BCUT2D eigenvalue weighted by atomic mass is 16.2. The van der Waals surface area contributed by atoms with Gasteiger partial charge in [0.2, 0.25) is 5.91 Å². The molecule has 0 heterocycles. The van der Waals surface area contributed by atoms with Crippen LogP contribution in [0.25, 0.3) is 0 Å². The molecule has 0 bridgehead atoms. The van der Waals surface area contributed by atoms with Gasteiger partial charge in [-0.1, -0.05) is 20.8 Å². The van der Waals surface area contributed by atoms with Crippen molar-refractivity contribution in [3.05, 3.63) is 0 Å². The summed E-state index contributed by atoms with van der Waals surface area (Å²) in [5.41, 5.74) is 5.56. The van der Waals surface area contributed by atoms with Crippen LogP contribution < -0.4 is 5.73 Å². The van der Waals surface area contributed by atoms with Crippen LogP contribution in [0.15, 0.2) is 0 Å². The fourth-order valence-corrected chi connectivity index (χ4v) is 1.59. The van der Waals surface area contributed by atoms with Crippen molar-refractivity contribution in [3.63, 3.8) is 0 Å². The molecule has 0 aromatic heterocycles. The Morgan fingerprint density at radius 2 is 1.76 bits per heavy atom. The molecule has 0 saturated carbocycles. The number of carbonyl (C=O) groups is 1. The van der Waals surface area contributed by atoms with E-state index < -0.39 is 0 Å². The van der Waals surface area contributed by atoms with Crippen molar-refractivity contribution in [1.82, 2.24) is 9.80 Å². The number of rotatable bonds is 8. The molecule has 0 aromatic carbocycles. The summed E-state index contributed by atoms with van der Waals surface area (Å²) >= 11 is 0. The third-order valence-corrected chi connectivity index (χ3v) is 2.68. The molecule has 0 aliphatic heterocycles. The van der Waals surface area contributed by atoms with Gasteiger partial charge in [0.25, 0.3) is 0 Å². The maximum absolute atomic E-state index is 12.1. The number of amides is 1. The number of likely N-dealkylation sites (N-methyl/N-ethyl adjacent to an activating group) is 1. The maximum atomic E-state index is 12.1. The highest BCUT2D eigenvalue weighted by Gasteiger charge is 2.17. The first-order valence-electron chi connectivity index (χ1n) is 6.49. The number of nitrogens with zero attached hydrogens (tertiary/aromatic N) is 2. The van der Waals surface area contributed by atoms with E-state index in [2.05, 4.69) is 18.7 Å². The summed E-state index contributed by atoms with van der Waals surface area (Å²) in [4.78, 5) is 16.2. The summed E-state index contributed by atoms with van der Waals surface area (Å²) in [6, 6.07) is 0. The Morgan fingerprint density at radius 3 is 2.18 bits per heavy atom. The minimum Gasteiger partial charge on any atom is -0.341 e. The zero-order valence-electron chi connectivity index (χ0n) is 12.1. The lowest BCUT2D eigenvalue weighted by molar-refractivity contribution is -0.132. The zero-order valence-corrected chi connectivity index (χ0v) is 12.1. The summed E-state index contributed by atoms with van der Waals surface area (Å²) in [5.74, 6) is 1.02. The molecule has 102 valence electrons. The standard InChI is InChI=1S/C13H29N3O/c1-11(2)10-16(7-6-15(4)5)13(17)8-12(3)9-14/h11-12H,6-10,14H2,1-5H3. The van der Waals surface area contributed by atoms with Gasteiger partial charge in [-0.3, -0.25) is 4.79 Å². The van der Waals surface area contributed by atoms with E-state index in [1.54, 1.807) is 0 Å². The first-order valence-corrected chi connectivity index (χ1v) is 6.49. The van der Waals surface area contributed by atoms with E-state index >= 15 is 0 Å². The van der Waals surface area contributed by atoms with Crippen molar-refractivity contribution in [2.45, 2.75) is 27.2 Å². The van der Waals surface area contributed by atoms with E-state index in [4.69, 9.17) is 5.73 Å². The second kappa shape index (κ2) is 8.48. The molecule has 0 fully saturated rings. The Morgan fingerprint density at radius 1 is 1.18 bits per heavy atom. The number of nitrogens with two attached hydrogens (primary N) is 1. The van der Waals surface area contributed by atoms with Crippen molar-refractivity contribution >= 4 is 5.91 Å². The molecule has 4 nitrogen and oxygen atoms in total. The van der Waals surface area contributed by atoms with Gasteiger partial charge in [0.1, 0.15) is 0 Å². The average molecular weight is 243 g/mol. The highest BCUT2D eigenvalue weighted by Crippen LogP contribution is 2.07. The molecule has 1 atom stereocenters. The average Bonchev–Trinajstić information content (AvgIpc) is 2.22. The summed E-state index contributed by atoms with van der Waals surface area (Å²) in [6.07, 6.45) is 0.566. The van der Waals surface area contributed by atoms with E-state index in [1.165, 1.54) is 0 Å². The minimum absolute atomic E-state index is 0.235. The molecule has 0 rings (SSSR count). The van der Waals surface area contributed by atoms with Crippen molar-refractivity contribution in [2.24, 2.45) is 17.6 Å². The molecule has 4 heteroatoms. The first-order chi connectivity index (χ1) is 7.86. The fraction of sp³-hybridized carbons (Fsp3) is 0.923. The van der Waals surface area contributed by atoms with E-state index in [-0.39, 0.29) is 11.8 Å². The predicted octanol–water partition coefficient (Wildman–Crippen LogP) is 1.02. The van der Waals surface area contributed by atoms with E-state index in [1.807, 2.05) is 25.9 Å². The van der Waals surface area contributed by atoms with Gasteiger partial charge in [0.15, 0.2) is 0 Å². The van der Waals surface area contributed by atoms with Crippen LogP contribution in [-0.4, -0.2) is 56.0 Å². The first kappa shape index (κ1) is 16.4. The number of hydrogen-bond donors (Lipinski definition) is 1. The van der Waals surface area contributed by atoms with Gasteiger partial charge in [-0.2, -0.15) is 0 Å². The Hall–Kier alpha value is -0.610. The van der Waals surface area contributed by atoms with Gasteiger partial charge in [-0.15, -0.1) is 0 Å². The molecule has 0 aromatic rings. The molecule has 17 heavy (non-hydrogen) atoms. The van der Waals surface area contributed by atoms with Gasteiger partial charge in [0, 0.05) is 26.1 Å². The van der Waals surface area contributed by atoms with E-state index in [9.17, 15) is 4.79 Å². The van der Waals surface area contributed by atoms with E-state index in [0.29, 0.717) is 18.9 Å². The molecule has 1 amide bonds. The van der Waals surface area contributed by atoms with Gasteiger partial charge < -0.3 is 15.5 Å². The summed E-state index contributed by atoms with van der Waals surface area (Å²) in [6.45, 7) is 9.44. The summed E-state index contributed by atoms with van der Waals surface area (Å²) in [5, 5.41) is 0. The van der Waals surface area contributed by atoms with Crippen LogP contribution in [0.3, 0.4) is 0 Å². The van der Waals surface area contributed by atoms with Gasteiger partial charge in [-0.25, -0.2) is 0 Å². The quantitative estimate of drug-likeness (QED) is 0.692. The Bertz CT molecular complexity index is 217. The third kappa shape index (κ3) is 8.16. The van der Waals surface area contributed by atoms with Crippen LogP contribution in [0, 0.1) is 11.8 Å². The lowest BCUT2D eigenvalue weighted by Gasteiger charge is -2.27. The molecule has 0 spiro atoms. The van der Waals surface area contributed by atoms with Gasteiger partial charge in [-0.05, 0) is 32.5 Å². The normalized spacial score (nSPS) is 13.2. The Labute approximate surface area is 106 Å². The molecule has 0 aliphatic rings. The van der Waals surface area contributed by atoms with Gasteiger partial charge >= 0.3 is 0 Å². The lowest BCUT2D eigenvalue weighted by Crippen LogP contribution is -2.40. The molecular weight excluding hydrogens is 214 g/mol. The van der Waals surface area contributed by atoms with Crippen LogP contribution >= 0.6 is 0 Å². The second-order valence-corrected chi connectivity index (χ2v) is 5.58. The molecule has 0 saturated heterocycles. The van der Waals surface area contributed by atoms with Crippen LogP contribution in [0.5, 0.6) is 0 Å². The van der Waals surface area contributed by atoms with Crippen molar-refractivity contribution in [1.29, 1.82) is 0 Å². The smallest absolute Gasteiger partial charge is 0.222 e. The third-order valence-electron chi connectivity index (χ3n) is 2.68. The molecule has 0 aliphatic carbocycles. The summed E-state index contributed by atoms with van der Waals surface area (Å²) < 4.78 is 0. The largest absolute Gasteiger partial charge is 0.341 e. The van der Waals surface area contributed by atoms with Crippen molar-refractivity contribution < 1.29 is 4.79 Å². The molecule has 2 N–H and O–H groups in total. The molecule has 0 radical (unpaired) electrons. The number of hydrogen-bond acceptors (Lipinski definition) is 3. The van der Waals surface area contributed by atoms with E-state index in [0.717, 1.165) is 19.6 Å². The van der Waals surface area contributed by atoms with Crippen LogP contribution in [0.2, 0.25) is 0 Å². The van der Waals surface area contributed by atoms with Crippen LogP contribution in [0.4, 0.5) is 0 Å². The van der Waals surface area contributed by atoms with Crippen molar-refractivity contribution in [2.75, 3.05) is 40.3 Å². The second-order valence-electron chi connectivity index (χ2n) is 5.58. The monoisotopic (exact) mass is 243 g/mol. The highest BCUT2D eigenvalue weighted by molar-refractivity contribution is 5.76. The maximum Gasteiger partial charge on any atom is 0.222 e. The van der Waals surface area contributed by atoms with Crippen LogP contribution in [-0.2, 0) is 4.79 Å². The SMILES string of the molecule is CC(C)CN(CCN(C)C)C(=O)CC(C)CN. The topological polar surface area (TPSA) is 49.6 Å². The lowest BCUT2D eigenvalue weighted by atomic mass is 10.1. The van der Waals surface area contributed by atoms with Gasteiger partial charge in [0.05, 0.1) is 0 Å².